The molecule has 0 bridgehead atoms. The maximum atomic E-state index is 5.69. The van der Waals surface area contributed by atoms with Gasteiger partial charge in [0.05, 0.1) is 6.61 Å². The predicted molar refractivity (Wildman–Crippen MR) is 87.2 cm³/mol. The fraction of sp³-hybridized carbons (Fsp3) is 0.333. The molecule has 2 N–H and O–H groups in total. The van der Waals surface area contributed by atoms with Gasteiger partial charge in [0.25, 0.3) is 0 Å². The van der Waals surface area contributed by atoms with Crippen LogP contribution in [0.25, 0.3) is 0 Å². The molecule has 0 saturated heterocycles. The molecule has 0 aliphatic rings. The van der Waals surface area contributed by atoms with Crippen molar-refractivity contribution in [1.29, 1.82) is 0 Å². The van der Waals surface area contributed by atoms with E-state index < -0.39 is 0 Å². The molecule has 0 heterocycles. The number of rotatable bonds is 8. The van der Waals surface area contributed by atoms with Gasteiger partial charge in [-0.15, -0.1) is 0 Å². The Hall–Kier alpha value is -1.84. The van der Waals surface area contributed by atoms with E-state index in [2.05, 4.69) is 48.3 Å². The first-order chi connectivity index (χ1) is 10.3. The SMILES string of the molecule is CN(Cc1ccccc1)Cc1cccc(OCCCN)c1. The number of hydrogen-bond donors (Lipinski definition) is 1. The molecule has 0 radical (unpaired) electrons. The Bertz CT molecular complexity index is 528. The summed E-state index contributed by atoms with van der Waals surface area (Å²) in [6.45, 7) is 3.20. The van der Waals surface area contributed by atoms with Gasteiger partial charge in [0, 0.05) is 13.1 Å². The van der Waals surface area contributed by atoms with Crippen LogP contribution in [0.4, 0.5) is 0 Å². The Balaban J connectivity index is 1.88. The minimum atomic E-state index is 0.666. The summed E-state index contributed by atoms with van der Waals surface area (Å²) < 4.78 is 5.69. The van der Waals surface area contributed by atoms with Crippen molar-refractivity contribution in [2.75, 3.05) is 20.2 Å². The molecule has 0 saturated carbocycles. The normalized spacial score (nSPS) is 10.8. The number of nitrogens with zero attached hydrogens (tertiary/aromatic N) is 1. The van der Waals surface area contributed by atoms with Crippen molar-refractivity contribution in [1.82, 2.24) is 4.90 Å². The van der Waals surface area contributed by atoms with Gasteiger partial charge in [-0.1, -0.05) is 42.5 Å². The van der Waals surface area contributed by atoms with E-state index in [1.54, 1.807) is 0 Å². The van der Waals surface area contributed by atoms with Crippen LogP contribution in [-0.2, 0) is 13.1 Å². The van der Waals surface area contributed by atoms with Gasteiger partial charge in [-0.05, 0) is 43.3 Å². The molecule has 3 nitrogen and oxygen atoms in total. The average Bonchev–Trinajstić information content (AvgIpc) is 2.49. The Morgan fingerprint density at radius 3 is 2.43 bits per heavy atom. The average molecular weight is 284 g/mol. The molecule has 3 heteroatoms. The van der Waals surface area contributed by atoms with E-state index in [0.29, 0.717) is 13.2 Å². The van der Waals surface area contributed by atoms with Crippen molar-refractivity contribution in [2.24, 2.45) is 5.73 Å². The van der Waals surface area contributed by atoms with Crippen LogP contribution in [-0.4, -0.2) is 25.1 Å². The van der Waals surface area contributed by atoms with E-state index in [1.165, 1.54) is 11.1 Å². The standard InChI is InChI=1S/C18H24N2O/c1-20(14-16-7-3-2-4-8-16)15-17-9-5-10-18(13-17)21-12-6-11-19/h2-5,7-10,13H,6,11-12,14-15,19H2,1H3. The van der Waals surface area contributed by atoms with Gasteiger partial charge in [-0.25, -0.2) is 0 Å². The van der Waals surface area contributed by atoms with E-state index in [0.717, 1.165) is 25.3 Å². The molecule has 0 atom stereocenters. The summed E-state index contributed by atoms with van der Waals surface area (Å²) in [4.78, 5) is 2.30. The second-order valence-corrected chi connectivity index (χ2v) is 5.30. The lowest BCUT2D eigenvalue weighted by atomic mass is 10.1. The fourth-order valence-electron chi connectivity index (χ4n) is 2.27. The molecule has 0 aliphatic heterocycles. The molecule has 0 unspecified atom stereocenters. The fourth-order valence-corrected chi connectivity index (χ4v) is 2.27. The molecule has 2 aromatic rings. The van der Waals surface area contributed by atoms with Gasteiger partial charge < -0.3 is 10.5 Å². The predicted octanol–water partition coefficient (Wildman–Crippen LogP) is 3.05. The van der Waals surface area contributed by atoms with Crippen LogP contribution in [0, 0.1) is 0 Å². The van der Waals surface area contributed by atoms with E-state index in [-0.39, 0.29) is 0 Å². The molecule has 2 rings (SSSR count). The van der Waals surface area contributed by atoms with Gasteiger partial charge in [-0.2, -0.15) is 0 Å². The van der Waals surface area contributed by atoms with Gasteiger partial charge in [0.2, 0.25) is 0 Å². The van der Waals surface area contributed by atoms with Crippen molar-refractivity contribution in [3.63, 3.8) is 0 Å². The Morgan fingerprint density at radius 1 is 0.952 bits per heavy atom. The Kier molecular flexibility index (Phi) is 6.25. The largest absolute Gasteiger partial charge is 0.494 e. The highest BCUT2D eigenvalue weighted by molar-refractivity contribution is 5.28. The van der Waals surface area contributed by atoms with Crippen molar-refractivity contribution in [3.8, 4) is 5.75 Å². The monoisotopic (exact) mass is 284 g/mol. The van der Waals surface area contributed by atoms with Crippen LogP contribution < -0.4 is 10.5 Å². The summed E-state index contributed by atoms with van der Waals surface area (Å²) >= 11 is 0. The molecule has 21 heavy (non-hydrogen) atoms. The van der Waals surface area contributed by atoms with Crippen LogP contribution in [0.3, 0.4) is 0 Å². The molecular weight excluding hydrogens is 260 g/mol. The smallest absolute Gasteiger partial charge is 0.119 e. The Labute approximate surface area is 127 Å². The molecule has 112 valence electrons. The third kappa shape index (κ3) is 5.58. The van der Waals surface area contributed by atoms with E-state index in [1.807, 2.05) is 18.2 Å². The number of nitrogens with two attached hydrogens (primary N) is 1. The lowest BCUT2D eigenvalue weighted by Gasteiger charge is -2.17. The first-order valence-electron chi connectivity index (χ1n) is 7.42. The minimum Gasteiger partial charge on any atom is -0.494 e. The maximum absolute atomic E-state index is 5.69. The summed E-state index contributed by atoms with van der Waals surface area (Å²) in [5.74, 6) is 0.925. The van der Waals surface area contributed by atoms with Gasteiger partial charge in [0.15, 0.2) is 0 Å². The lowest BCUT2D eigenvalue weighted by molar-refractivity contribution is 0.307. The second kappa shape index (κ2) is 8.45. The van der Waals surface area contributed by atoms with Crippen LogP contribution in [0.5, 0.6) is 5.75 Å². The summed E-state index contributed by atoms with van der Waals surface area (Å²) in [6.07, 6.45) is 0.887. The van der Waals surface area contributed by atoms with Crippen LogP contribution in [0.2, 0.25) is 0 Å². The summed E-state index contributed by atoms with van der Waals surface area (Å²) in [5, 5.41) is 0. The molecule has 0 amide bonds. The third-order valence-electron chi connectivity index (χ3n) is 3.26. The highest BCUT2D eigenvalue weighted by atomic mass is 16.5. The molecular formula is C18H24N2O. The second-order valence-electron chi connectivity index (χ2n) is 5.30. The van der Waals surface area contributed by atoms with Gasteiger partial charge in [-0.3, -0.25) is 4.90 Å². The van der Waals surface area contributed by atoms with Crippen LogP contribution in [0.15, 0.2) is 54.6 Å². The zero-order valence-corrected chi connectivity index (χ0v) is 12.7. The van der Waals surface area contributed by atoms with Gasteiger partial charge in [0.1, 0.15) is 5.75 Å². The number of benzene rings is 2. The van der Waals surface area contributed by atoms with Crippen molar-refractivity contribution in [3.05, 3.63) is 65.7 Å². The van der Waals surface area contributed by atoms with Crippen molar-refractivity contribution >= 4 is 0 Å². The first kappa shape index (κ1) is 15.5. The molecule has 0 aliphatic carbocycles. The Morgan fingerprint density at radius 2 is 1.67 bits per heavy atom. The summed E-state index contributed by atoms with van der Waals surface area (Å²) in [7, 11) is 2.13. The number of ether oxygens (including phenoxy) is 1. The first-order valence-corrected chi connectivity index (χ1v) is 7.42. The molecule has 0 spiro atoms. The van der Waals surface area contributed by atoms with E-state index in [4.69, 9.17) is 10.5 Å². The van der Waals surface area contributed by atoms with Crippen molar-refractivity contribution < 1.29 is 4.74 Å². The lowest BCUT2D eigenvalue weighted by Crippen LogP contribution is -2.17. The van der Waals surface area contributed by atoms with Gasteiger partial charge >= 0.3 is 0 Å². The third-order valence-corrected chi connectivity index (χ3v) is 3.26. The van der Waals surface area contributed by atoms with E-state index in [9.17, 15) is 0 Å². The molecule has 0 fully saturated rings. The van der Waals surface area contributed by atoms with Crippen molar-refractivity contribution in [2.45, 2.75) is 19.5 Å². The summed E-state index contributed by atoms with van der Waals surface area (Å²) in [6, 6.07) is 18.8. The maximum Gasteiger partial charge on any atom is 0.119 e. The zero-order chi connectivity index (χ0) is 14.9. The minimum absolute atomic E-state index is 0.666. The highest BCUT2D eigenvalue weighted by Crippen LogP contribution is 2.15. The topological polar surface area (TPSA) is 38.5 Å². The molecule has 2 aromatic carbocycles. The zero-order valence-electron chi connectivity index (χ0n) is 12.7. The number of hydrogen-bond acceptors (Lipinski definition) is 3. The highest BCUT2D eigenvalue weighted by Gasteiger charge is 2.03. The summed E-state index contributed by atoms with van der Waals surface area (Å²) in [5.41, 5.74) is 8.07. The van der Waals surface area contributed by atoms with E-state index >= 15 is 0 Å². The molecule has 0 aromatic heterocycles. The van der Waals surface area contributed by atoms with Crippen LogP contribution in [0.1, 0.15) is 17.5 Å². The quantitative estimate of drug-likeness (QED) is 0.757. The van der Waals surface area contributed by atoms with Crippen LogP contribution >= 0.6 is 0 Å².